The van der Waals surface area contributed by atoms with Gasteiger partial charge in [-0.25, -0.2) is 5.43 Å². The maximum atomic E-state index is 11.5. The number of aromatic amines is 1. The average Bonchev–Trinajstić information content (AvgIpc) is 2.82. The Hall–Kier alpha value is -2.04. The topological polar surface area (TPSA) is 66.5 Å². The number of aromatic nitrogens is 1. The Balaban J connectivity index is 2.24. The Labute approximate surface area is 93.2 Å². The lowest BCUT2D eigenvalue weighted by Gasteiger charge is -2.08. The van der Waals surface area contributed by atoms with E-state index in [9.17, 15) is 4.79 Å². The molecular weight excluding hydrogens is 206 g/mol. The van der Waals surface area contributed by atoms with Gasteiger partial charge in [-0.1, -0.05) is 0 Å². The first kappa shape index (κ1) is 10.5. The third-order valence-corrected chi connectivity index (χ3v) is 2.01. The van der Waals surface area contributed by atoms with Crippen LogP contribution in [0.15, 0.2) is 29.1 Å². The van der Waals surface area contributed by atoms with Crippen LogP contribution in [0.25, 0.3) is 6.08 Å². The molecule has 1 aliphatic rings. The fourth-order valence-corrected chi connectivity index (χ4v) is 1.35. The van der Waals surface area contributed by atoms with Crippen molar-refractivity contribution in [3.63, 3.8) is 0 Å². The molecule has 0 bridgehead atoms. The number of hydrazone groups is 1. The number of amides is 1. The summed E-state index contributed by atoms with van der Waals surface area (Å²) in [5, 5.41) is 3.84. The molecule has 1 aromatic heterocycles. The first-order valence-corrected chi connectivity index (χ1v) is 5.06. The van der Waals surface area contributed by atoms with Gasteiger partial charge in [0, 0.05) is 12.4 Å². The second kappa shape index (κ2) is 4.22. The third-order valence-electron chi connectivity index (χ3n) is 2.01. The highest BCUT2D eigenvalue weighted by molar-refractivity contribution is 6.24. The number of hydrogen-bond donors (Lipinski definition) is 2. The summed E-state index contributed by atoms with van der Waals surface area (Å²) in [7, 11) is 0. The zero-order valence-corrected chi connectivity index (χ0v) is 9.15. The fourth-order valence-electron chi connectivity index (χ4n) is 1.35. The van der Waals surface area contributed by atoms with Crippen LogP contribution in [0.2, 0.25) is 0 Å². The van der Waals surface area contributed by atoms with E-state index in [1.807, 2.05) is 19.9 Å². The Kier molecular flexibility index (Phi) is 2.76. The molecule has 2 N–H and O–H groups in total. The van der Waals surface area contributed by atoms with E-state index in [1.165, 1.54) is 0 Å². The minimum atomic E-state index is -0.239. The van der Waals surface area contributed by atoms with E-state index in [4.69, 9.17) is 4.74 Å². The van der Waals surface area contributed by atoms with E-state index in [0.717, 1.165) is 5.56 Å². The smallest absolute Gasteiger partial charge is 0.277 e. The maximum Gasteiger partial charge on any atom is 0.277 e. The molecule has 5 heteroatoms. The molecule has 0 atom stereocenters. The first-order chi connectivity index (χ1) is 7.66. The van der Waals surface area contributed by atoms with Crippen molar-refractivity contribution in [1.29, 1.82) is 0 Å². The van der Waals surface area contributed by atoms with E-state index in [0.29, 0.717) is 11.5 Å². The highest BCUT2D eigenvalue weighted by Crippen LogP contribution is 2.13. The van der Waals surface area contributed by atoms with Crippen LogP contribution in [-0.4, -0.2) is 22.9 Å². The summed E-state index contributed by atoms with van der Waals surface area (Å²) >= 11 is 0. The number of nitrogens with zero attached hydrogens (tertiary/aromatic N) is 1. The number of hydrogen-bond acceptors (Lipinski definition) is 3. The zero-order chi connectivity index (χ0) is 11.5. The molecule has 16 heavy (non-hydrogen) atoms. The van der Waals surface area contributed by atoms with E-state index in [1.54, 1.807) is 18.5 Å². The van der Waals surface area contributed by atoms with Gasteiger partial charge >= 0.3 is 0 Å². The minimum Gasteiger partial charge on any atom is -0.473 e. The number of H-pyrrole nitrogens is 1. The summed E-state index contributed by atoms with van der Waals surface area (Å²) < 4.78 is 5.43. The number of nitrogens with one attached hydrogen (secondary N) is 2. The van der Waals surface area contributed by atoms with Gasteiger partial charge in [0.1, 0.15) is 5.57 Å². The van der Waals surface area contributed by atoms with Gasteiger partial charge in [-0.05, 0) is 31.6 Å². The molecule has 0 saturated heterocycles. The first-order valence-electron chi connectivity index (χ1n) is 5.06. The van der Waals surface area contributed by atoms with Crippen LogP contribution in [0.1, 0.15) is 19.4 Å². The Morgan fingerprint density at radius 1 is 1.50 bits per heavy atom. The molecule has 0 saturated carbocycles. The SMILES string of the molecule is CC(C)OC1=NNC(=O)/C1=C/c1cc[nH]c1. The van der Waals surface area contributed by atoms with Crippen molar-refractivity contribution < 1.29 is 9.53 Å². The summed E-state index contributed by atoms with van der Waals surface area (Å²) in [4.78, 5) is 14.4. The maximum absolute atomic E-state index is 11.5. The van der Waals surface area contributed by atoms with Crippen molar-refractivity contribution >= 4 is 17.9 Å². The van der Waals surface area contributed by atoms with Crippen LogP contribution in [0.3, 0.4) is 0 Å². The van der Waals surface area contributed by atoms with Gasteiger partial charge < -0.3 is 9.72 Å². The van der Waals surface area contributed by atoms with Crippen LogP contribution in [0, 0.1) is 0 Å². The van der Waals surface area contributed by atoms with Crippen molar-refractivity contribution in [2.24, 2.45) is 5.10 Å². The van der Waals surface area contributed by atoms with Crippen LogP contribution in [-0.2, 0) is 9.53 Å². The molecule has 0 spiro atoms. The highest BCUT2D eigenvalue weighted by Gasteiger charge is 2.24. The van der Waals surface area contributed by atoms with Crippen molar-refractivity contribution in [2.75, 3.05) is 0 Å². The Morgan fingerprint density at radius 2 is 2.31 bits per heavy atom. The van der Waals surface area contributed by atoms with Crippen molar-refractivity contribution in [3.05, 3.63) is 29.6 Å². The fraction of sp³-hybridized carbons (Fsp3) is 0.273. The van der Waals surface area contributed by atoms with Crippen LogP contribution >= 0.6 is 0 Å². The van der Waals surface area contributed by atoms with Gasteiger partial charge in [0.15, 0.2) is 0 Å². The average molecular weight is 219 g/mol. The van der Waals surface area contributed by atoms with Crippen LogP contribution < -0.4 is 5.43 Å². The molecule has 0 fully saturated rings. The number of ether oxygens (including phenoxy) is 1. The predicted octanol–water partition coefficient (Wildman–Crippen LogP) is 1.27. The third kappa shape index (κ3) is 2.13. The summed E-state index contributed by atoms with van der Waals surface area (Å²) in [5.74, 6) is 0.109. The molecule has 1 amide bonds. The van der Waals surface area contributed by atoms with Gasteiger partial charge in [0.2, 0.25) is 5.90 Å². The number of carbonyl (C=O) groups excluding carboxylic acids is 1. The van der Waals surface area contributed by atoms with Gasteiger partial charge in [-0.3, -0.25) is 4.79 Å². The lowest BCUT2D eigenvalue weighted by Crippen LogP contribution is -2.16. The molecule has 0 radical (unpaired) electrons. The van der Waals surface area contributed by atoms with E-state index < -0.39 is 0 Å². The Morgan fingerprint density at radius 3 is 2.94 bits per heavy atom. The largest absolute Gasteiger partial charge is 0.473 e. The van der Waals surface area contributed by atoms with Crippen molar-refractivity contribution in [1.82, 2.24) is 10.4 Å². The molecule has 0 aliphatic carbocycles. The number of carbonyl (C=O) groups is 1. The second-order valence-corrected chi connectivity index (χ2v) is 3.73. The molecular formula is C11H13N3O2. The molecule has 1 aromatic rings. The quantitative estimate of drug-likeness (QED) is 0.735. The monoisotopic (exact) mass is 219 g/mol. The molecule has 0 unspecified atom stereocenters. The van der Waals surface area contributed by atoms with Crippen molar-refractivity contribution in [3.8, 4) is 0 Å². The van der Waals surface area contributed by atoms with E-state index in [2.05, 4.69) is 15.5 Å². The molecule has 5 nitrogen and oxygen atoms in total. The summed E-state index contributed by atoms with van der Waals surface area (Å²) in [6.45, 7) is 3.78. The van der Waals surface area contributed by atoms with E-state index >= 15 is 0 Å². The van der Waals surface area contributed by atoms with Gasteiger partial charge in [0.05, 0.1) is 6.10 Å². The Bertz CT molecular complexity index is 444. The molecule has 0 aromatic carbocycles. The van der Waals surface area contributed by atoms with Crippen LogP contribution in [0.4, 0.5) is 0 Å². The zero-order valence-electron chi connectivity index (χ0n) is 9.15. The second-order valence-electron chi connectivity index (χ2n) is 3.73. The summed E-state index contributed by atoms with van der Waals surface area (Å²) in [6, 6.07) is 1.87. The standard InChI is InChI=1S/C11H13N3O2/c1-7(2)16-11-9(10(15)13-14-11)5-8-3-4-12-6-8/h3-7,12H,1-2H3,(H,13,15)/b9-5-. The normalized spacial score (nSPS) is 17.8. The number of rotatable bonds is 2. The molecule has 2 rings (SSSR count). The van der Waals surface area contributed by atoms with Gasteiger partial charge in [-0.15, -0.1) is 5.10 Å². The summed E-state index contributed by atoms with van der Waals surface area (Å²) in [6.07, 6.45) is 5.31. The van der Waals surface area contributed by atoms with Gasteiger partial charge in [0.25, 0.3) is 5.91 Å². The lowest BCUT2D eigenvalue weighted by atomic mass is 10.2. The summed E-state index contributed by atoms with van der Waals surface area (Å²) in [5.41, 5.74) is 3.74. The lowest BCUT2D eigenvalue weighted by molar-refractivity contribution is -0.116. The van der Waals surface area contributed by atoms with Crippen molar-refractivity contribution in [2.45, 2.75) is 20.0 Å². The minimum absolute atomic E-state index is 0.0129. The van der Waals surface area contributed by atoms with E-state index in [-0.39, 0.29) is 12.0 Å². The highest BCUT2D eigenvalue weighted by atomic mass is 16.5. The molecule has 1 aliphatic heterocycles. The van der Waals surface area contributed by atoms with Gasteiger partial charge in [-0.2, -0.15) is 0 Å². The predicted molar refractivity (Wildman–Crippen MR) is 60.6 cm³/mol. The molecule has 2 heterocycles. The van der Waals surface area contributed by atoms with Crippen LogP contribution in [0.5, 0.6) is 0 Å². The molecule has 84 valence electrons.